The molecule has 0 radical (unpaired) electrons. The van der Waals surface area contributed by atoms with Gasteiger partial charge in [0.2, 0.25) is 0 Å². The fraction of sp³-hybridized carbons (Fsp3) is 0.471. The summed E-state index contributed by atoms with van der Waals surface area (Å²) < 4.78 is 33.2. The monoisotopic (exact) mass is 575 g/mol. The molecule has 7 nitrogen and oxygen atoms in total. The summed E-state index contributed by atoms with van der Waals surface area (Å²) in [7, 11) is 1.63. The number of piperidine rings is 1. The van der Waals surface area contributed by atoms with Crippen molar-refractivity contribution in [3.8, 4) is 17.0 Å². The molecule has 0 bridgehead atoms. The molecule has 1 aromatic heterocycles. The molecular weight excluding hydrogens is 533 g/mol. The molecule has 0 saturated carbocycles. The van der Waals surface area contributed by atoms with Gasteiger partial charge in [-0.25, -0.2) is 9.37 Å². The topological polar surface area (TPSA) is 72.9 Å². The minimum Gasteiger partial charge on any atom is -0.488 e. The van der Waals surface area contributed by atoms with E-state index < -0.39 is 5.60 Å². The molecule has 0 aliphatic carbocycles. The van der Waals surface area contributed by atoms with Crippen molar-refractivity contribution in [2.75, 3.05) is 38.2 Å². The lowest BCUT2D eigenvalue weighted by Gasteiger charge is -2.38. The van der Waals surface area contributed by atoms with Crippen LogP contribution in [0.25, 0.3) is 11.3 Å². The summed E-state index contributed by atoms with van der Waals surface area (Å²) in [4.78, 5) is 20.0. The summed E-state index contributed by atoms with van der Waals surface area (Å²) in [6, 6.07) is 15.8. The number of carbonyl (C=O) groups is 1. The Morgan fingerprint density at radius 3 is 2.67 bits per heavy atom. The summed E-state index contributed by atoms with van der Waals surface area (Å²) in [5.74, 6) is 0.787. The molecule has 2 atom stereocenters. The standard InChI is InChI=1S/C34H42FN3O4/c1-22-8-6-9-26(32(22)41-21-24-13-12-23-14-17-36-18-15-25(23)31(24)35)28-10-7-11-30(37-28)38-19-16-27(29(20-38)40-5)33(39)42-34(2,3)4/h6-13,27,29,36H,14-21H2,1-5H3/t27-,29+/m0/s1. The molecule has 8 heteroatoms. The minimum atomic E-state index is -0.543. The van der Waals surface area contributed by atoms with Crippen molar-refractivity contribution in [2.45, 2.75) is 65.3 Å². The van der Waals surface area contributed by atoms with Crippen molar-refractivity contribution in [2.24, 2.45) is 5.92 Å². The second kappa shape index (κ2) is 12.8. The van der Waals surface area contributed by atoms with Crippen LogP contribution in [0.1, 0.15) is 49.4 Å². The van der Waals surface area contributed by atoms with E-state index >= 15 is 4.39 Å². The smallest absolute Gasteiger partial charge is 0.312 e. The highest BCUT2D eigenvalue weighted by molar-refractivity contribution is 5.74. The maximum Gasteiger partial charge on any atom is 0.312 e. The zero-order valence-corrected chi connectivity index (χ0v) is 25.3. The van der Waals surface area contributed by atoms with E-state index in [9.17, 15) is 4.79 Å². The van der Waals surface area contributed by atoms with Crippen LogP contribution in [0.4, 0.5) is 10.2 Å². The van der Waals surface area contributed by atoms with Gasteiger partial charge in [0.1, 0.15) is 29.6 Å². The number of fused-ring (bicyclic) bond motifs is 1. The third kappa shape index (κ3) is 6.76. The largest absolute Gasteiger partial charge is 0.488 e. The van der Waals surface area contributed by atoms with E-state index in [2.05, 4.69) is 10.2 Å². The van der Waals surface area contributed by atoms with E-state index in [0.717, 1.165) is 53.3 Å². The van der Waals surface area contributed by atoms with Crippen molar-refractivity contribution in [3.05, 3.63) is 76.6 Å². The molecule has 0 amide bonds. The quantitative estimate of drug-likeness (QED) is 0.365. The average Bonchev–Trinajstić information content (AvgIpc) is 3.22. The van der Waals surface area contributed by atoms with E-state index in [1.54, 1.807) is 7.11 Å². The molecule has 3 aromatic rings. The molecule has 1 saturated heterocycles. The van der Waals surface area contributed by atoms with Gasteiger partial charge in [-0.2, -0.15) is 0 Å². The van der Waals surface area contributed by atoms with E-state index in [0.29, 0.717) is 37.2 Å². The number of methoxy groups -OCH3 is 1. The van der Waals surface area contributed by atoms with Gasteiger partial charge in [-0.05, 0) is 94.9 Å². The zero-order valence-electron chi connectivity index (χ0n) is 25.3. The van der Waals surface area contributed by atoms with Crippen LogP contribution in [0, 0.1) is 18.7 Å². The number of ether oxygens (including phenoxy) is 3. The number of hydrogen-bond donors (Lipinski definition) is 1. The SMILES string of the molecule is CO[C@@H]1CN(c2cccc(-c3cccc(C)c3OCc3ccc4c(c3F)CCNCC4)n2)CC[C@@H]1C(=O)OC(C)(C)C. The Morgan fingerprint density at radius 1 is 1.10 bits per heavy atom. The number of aryl methyl sites for hydroxylation is 1. The summed E-state index contributed by atoms with van der Waals surface area (Å²) in [5.41, 5.74) is 4.46. The highest BCUT2D eigenvalue weighted by Gasteiger charge is 2.37. The van der Waals surface area contributed by atoms with Gasteiger partial charge in [0.15, 0.2) is 0 Å². The van der Waals surface area contributed by atoms with Crippen molar-refractivity contribution >= 4 is 11.8 Å². The number of aromatic nitrogens is 1. The number of anilines is 1. The van der Waals surface area contributed by atoms with Crippen molar-refractivity contribution in [1.29, 1.82) is 0 Å². The Bertz CT molecular complexity index is 1420. The third-order valence-corrected chi connectivity index (χ3v) is 8.03. The number of benzene rings is 2. The van der Waals surface area contributed by atoms with Crippen LogP contribution in [0.2, 0.25) is 0 Å². The summed E-state index contributed by atoms with van der Waals surface area (Å²) in [6.07, 6.45) is 1.82. The second-order valence-electron chi connectivity index (χ2n) is 12.2. The number of carbonyl (C=O) groups excluding carboxylic acids is 1. The number of para-hydroxylation sites is 1. The first-order valence-electron chi connectivity index (χ1n) is 14.8. The molecule has 5 rings (SSSR count). The molecule has 224 valence electrons. The molecule has 1 N–H and O–H groups in total. The van der Waals surface area contributed by atoms with Crippen LogP contribution >= 0.6 is 0 Å². The zero-order chi connectivity index (χ0) is 29.9. The van der Waals surface area contributed by atoms with Crippen LogP contribution in [0.5, 0.6) is 5.75 Å². The number of hydrogen-bond acceptors (Lipinski definition) is 7. The number of nitrogens with zero attached hydrogens (tertiary/aromatic N) is 2. The molecule has 3 heterocycles. The Labute approximate surface area is 248 Å². The predicted octanol–water partition coefficient (Wildman–Crippen LogP) is 5.65. The van der Waals surface area contributed by atoms with Crippen LogP contribution < -0.4 is 15.0 Å². The molecule has 0 spiro atoms. The van der Waals surface area contributed by atoms with Gasteiger partial charge in [0.25, 0.3) is 0 Å². The first-order chi connectivity index (χ1) is 20.1. The van der Waals surface area contributed by atoms with Gasteiger partial charge < -0.3 is 24.4 Å². The van der Waals surface area contributed by atoms with Crippen LogP contribution in [0.15, 0.2) is 48.5 Å². The molecular formula is C34H42FN3O4. The fourth-order valence-corrected chi connectivity index (χ4v) is 5.84. The molecule has 42 heavy (non-hydrogen) atoms. The third-order valence-electron chi connectivity index (χ3n) is 8.03. The number of esters is 1. The molecule has 2 aliphatic heterocycles. The van der Waals surface area contributed by atoms with Crippen molar-refractivity contribution < 1.29 is 23.4 Å². The van der Waals surface area contributed by atoms with E-state index in [-0.39, 0.29) is 30.4 Å². The van der Waals surface area contributed by atoms with Crippen LogP contribution in [0.3, 0.4) is 0 Å². The van der Waals surface area contributed by atoms with Gasteiger partial charge in [-0.3, -0.25) is 4.79 Å². The van der Waals surface area contributed by atoms with Gasteiger partial charge in [0, 0.05) is 31.3 Å². The number of halogens is 1. The summed E-state index contributed by atoms with van der Waals surface area (Å²) in [5, 5.41) is 3.34. The Hall–Kier alpha value is -3.49. The maximum atomic E-state index is 15.5. The highest BCUT2D eigenvalue weighted by Crippen LogP contribution is 2.35. The molecule has 0 unspecified atom stereocenters. The first-order valence-corrected chi connectivity index (χ1v) is 14.8. The molecule has 1 fully saturated rings. The fourth-order valence-electron chi connectivity index (χ4n) is 5.84. The minimum absolute atomic E-state index is 0.137. The first kappa shape index (κ1) is 30.0. The lowest BCUT2D eigenvalue weighted by atomic mass is 9.93. The van der Waals surface area contributed by atoms with Gasteiger partial charge in [-0.15, -0.1) is 0 Å². The highest BCUT2D eigenvalue weighted by atomic mass is 19.1. The Morgan fingerprint density at radius 2 is 1.88 bits per heavy atom. The summed E-state index contributed by atoms with van der Waals surface area (Å²) in [6.45, 7) is 10.6. The Balaban J connectivity index is 1.35. The van der Waals surface area contributed by atoms with Crippen LogP contribution in [-0.4, -0.2) is 55.9 Å². The van der Waals surface area contributed by atoms with Gasteiger partial charge >= 0.3 is 5.97 Å². The lowest BCUT2D eigenvalue weighted by Crippen LogP contribution is -2.49. The average molecular weight is 576 g/mol. The molecule has 2 aromatic carbocycles. The normalized spacial score (nSPS) is 19.1. The van der Waals surface area contributed by atoms with Crippen molar-refractivity contribution in [1.82, 2.24) is 10.3 Å². The lowest BCUT2D eigenvalue weighted by molar-refractivity contribution is -0.165. The maximum absolute atomic E-state index is 15.5. The van der Waals surface area contributed by atoms with E-state index in [1.165, 1.54) is 0 Å². The predicted molar refractivity (Wildman–Crippen MR) is 162 cm³/mol. The van der Waals surface area contributed by atoms with E-state index in [1.807, 2.05) is 76.2 Å². The van der Waals surface area contributed by atoms with Crippen LogP contribution in [-0.2, 0) is 33.7 Å². The number of nitrogens with one attached hydrogen (secondary N) is 1. The van der Waals surface area contributed by atoms with Crippen molar-refractivity contribution in [3.63, 3.8) is 0 Å². The molecule has 2 aliphatic rings. The van der Waals surface area contributed by atoms with Gasteiger partial charge in [-0.1, -0.05) is 30.3 Å². The number of rotatable bonds is 7. The van der Waals surface area contributed by atoms with Gasteiger partial charge in [0.05, 0.1) is 17.7 Å². The Kier molecular flexibility index (Phi) is 9.13. The number of pyridine rings is 1. The van der Waals surface area contributed by atoms with E-state index in [4.69, 9.17) is 19.2 Å². The summed E-state index contributed by atoms with van der Waals surface area (Å²) >= 11 is 0. The second-order valence-corrected chi connectivity index (χ2v) is 12.2.